The number of hydrogen-bond donors (Lipinski definition) is 2. The van der Waals surface area contributed by atoms with E-state index in [1.165, 1.54) is 0 Å². The second-order valence-corrected chi connectivity index (χ2v) is 4.01. The van der Waals surface area contributed by atoms with Crippen LogP contribution in [0.1, 0.15) is 26.7 Å². The van der Waals surface area contributed by atoms with Crippen molar-refractivity contribution in [3.8, 4) is 0 Å². The van der Waals surface area contributed by atoms with Crippen LogP contribution in [0.5, 0.6) is 0 Å². The molecule has 1 fully saturated rings. The third kappa shape index (κ3) is 3.81. The molecule has 0 radical (unpaired) electrons. The Morgan fingerprint density at radius 2 is 2.06 bits per heavy atom. The number of ether oxygens (including phenoxy) is 1. The normalized spacial score (nSPS) is 18.9. The van der Waals surface area contributed by atoms with E-state index >= 15 is 0 Å². The number of carbonyl (C=O) groups excluding carboxylic acids is 2. The molecular weight excluding hydrogens is 208 g/mol. The van der Waals surface area contributed by atoms with Crippen molar-refractivity contribution in [2.75, 3.05) is 19.7 Å². The maximum Gasteiger partial charge on any atom is 0.328 e. The van der Waals surface area contributed by atoms with Gasteiger partial charge in [-0.25, -0.2) is 4.79 Å². The molecule has 5 nitrogen and oxygen atoms in total. The number of carbonyl (C=O) groups is 2. The summed E-state index contributed by atoms with van der Waals surface area (Å²) in [4.78, 5) is 23.1. The van der Waals surface area contributed by atoms with Crippen molar-refractivity contribution >= 4 is 11.9 Å². The summed E-state index contributed by atoms with van der Waals surface area (Å²) in [5.74, 6) is -0.384. The number of amides is 1. The maximum atomic E-state index is 11.8. The average Bonchev–Trinajstić information content (AvgIpc) is 2.30. The summed E-state index contributed by atoms with van der Waals surface area (Å²) in [6.07, 6.45) is 1.67. The highest BCUT2D eigenvalue weighted by molar-refractivity contribution is 5.85. The molecule has 16 heavy (non-hydrogen) atoms. The van der Waals surface area contributed by atoms with Crippen LogP contribution in [0.25, 0.3) is 0 Å². The Balaban J connectivity index is 2.34. The molecule has 1 atom stereocenters. The van der Waals surface area contributed by atoms with Crippen molar-refractivity contribution in [2.45, 2.75) is 32.7 Å². The number of esters is 1. The summed E-state index contributed by atoms with van der Waals surface area (Å²) in [6, 6.07) is -0.553. The highest BCUT2D eigenvalue weighted by Crippen LogP contribution is 2.11. The van der Waals surface area contributed by atoms with Crippen LogP contribution in [0.15, 0.2) is 0 Å². The Morgan fingerprint density at radius 3 is 2.62 bits per heavy atom. The van der Waals surface area contributed by atoms with Gasteiger partial charge in [-0.2, -0.15) is 0 Å². The topological polar surface area (TPSA) is 67.4 Å². The molecule has 1 amide bonds. The lowest BCUT2D eigenvalue weighted by Gasteiger charge is -2.23. The Bertz CT molecular complexity index is 250. The van der Waals surface area contributed by atoms with E-state index in [1.54, 1.807) is 13.8 Å². The van der Waals surface area contributed by atoms with Crippen LogP contribution in [0.4, 0.5) is 0 Å². The van der Waals surface area contributed by atoms with Gasteiger partial charge in [-0.05, 0) is 39.8 Å². The molecule has 0 aliphatic carbocycles. The summed E-state index contributed by atoms with van der Waals surface area (Å²) >= 11 is 0. The number of rotatable bonds is 4. The molecule has 1 rings (SSSR count). The molecule has 0 spiro atoms. The largest absolute Gasteiger partial charge is 0.464 e. The minimum atomic E-state index is -0.553. The van der Waals surface area contributed by atoms with Gasteiger partial charge in [0.15, 0.2) is 0 Å². The van der Waals surface area contributed by atoms with Crippen molar-refractivity contribution < 1.29 is 14.3 Å². The summed E-state index contributed by atoms with van der Waals surface area (Å²) < 4.78 is 4.83. The van der Waals surface area contributed by atoms with Crippen molar-refractivity contribution in [1.82, 2.24) is 10.6 Å². The highest BCUT2D eigenvalue weighted by Gasteiger charge is 2.24. The fourth-order valence-corrected chi connectivity index (χ4v) is 1.74. The first-order valence-corrected chi connectivity index (χ1v) is 5.83. The molecule has 5 heteroatoms. The molecule has 0 bridgehead atoms. The van der Waals surface area contributed by atoms with Crippen LogP contribution in [-0.4, -0.2) is 37.6 Å². The second-order valence-electron chi connectivity index (χ2n) is 4.01. The van der Waals surface area contributed by atoms with Crippen LogP contribution in [0.3, 0.4) is 0 Å². The van der Waals surface area contributed by atoms with Crippen molar-refractivity contribution in [3.63, 3.8) is 0 Å². The zero-order chi connectivity index (χ0) is 12.0. The molecule has 1 heterocycles. The van der Waals surface area contributed by atoms with Gasteiger partial charge >= 0.3 is 5.97 Å². The summed E-state index contributed by atoms with van der Waals surface area (Å²) in [5.41, 5.74) is 0. The van der Waals surface area contributed by atoms with E-state index in [4.69, 9.17) is 4.74 Å². The molecule has 0 aromatic rings. The van der Waals surface area contributed by atoms with Crippen LogP contribution < -0.4 is 10.6 Å². The predicted molar refractivity (Wildman–Crippen MR) is 59.8 cm³/mol. The first-order chi connectivity index (χ1) is 7.65. The molecule has 0 saturated carbocycles. The van der Waals surface area contributed by atoms with Gasteiger partial charge in [0, 0.05) is 5.92 Å². The fraction of sp³-hybridized carbons (Fsp3) is 0.818. The van der Waals surface area contributed by atoms with Crippen molar-refractivity contribution in [2.24, 2.45) is 5.92 Å². The highest BCUT2D eigenvalue weighted by atomic mass is 16.5. The molecular formula is C11H20N2O3. The molecule has 1 aliphatic rings. The Morgan fingerprint density at radius 1 is 1.44 bits per heavy atom. The van der Waals surface area contributed by atoms with E-state index in [2.05, 4.69) is 10.6 Å². The number of piperidine rings is 1. The van der Waals surface area contributed by atoms with Crippen molar-refractivity contribution in [3.05, 3.63) is 0 Å². The monoisotopic (exact) mass is 228 g/mol. The van der Waals surface area contributed by atoms with E-state index in [9.17, 15) is 9.59 Å². The zero-order valence-electron chi connectivity index (χ0n) is 9.91. The van der Waals surface area contributed by atoms with E-state index < -0.39 is 6.04 Å². The molecule has 0 aromatic heterocycles. The maximum absolute atomic E-state index is 11.8. The third-order valence-corrected chi connectivity index (χ3v) is 2.71. The quantitative estimate of drug-likeness (QED) is 0.667. The van der Waals surface area contributed by atoms with Gasteiger partial charge < -0.3 is 15.4 Å². The van der Waals surface area contributed by atoms with Crippen LogP contribution in [0, 0.1) is 5.92 Å². The minimum Gasteiger partial charge on any atom is -0.464 e. The number of nitrogens with one attached hydrogen (secondary N) is 2. The summed E-state index contributed by atoms with van der Waals surface area (Å²) in [6.45, 7) is 5.47. The second kappa shape index (κ2) is 6.48. The molecule has 2 N–H and O–H groups in total. The van der Waals surface area contributed by atoms with Crippen LogP contribution in [-0.2, 0) is 14.3 Å². The minimum absolute atomic E-state index is 0.0260. The lowest BCUT2D eigenvalue weighted by molar-refractivity contribution is -0.147. The Kier molecular flexibility index (Phi) is 5.25. The molecule has 0 unspecified atom stereocenters. The molecule has 0 aromatic carbocycles. The standard InChI is InChI=1S/C11H20N2O3/c1-3-16-11(15)8(2)13-10(14)9-4-6-12-7-5-9/h8-9,12H,3-7H2,1-2H3,(H,13,14)/t8-/m0/s1. The van der Waals surface area contributed by atoms with E-state index in [0.717, 1.165) is 25.9 Å². The van der Waals surface area contributed by atoms with Gasteiger partial charge in [-0.15, -0.1) is 0 Å². The van der Waals surface area contributed by atoms with Gasteiger partial charge in [0.1, 0.15) is 6.04 Å². The van der Waals surface area contributed by atoms with Crippen molar-refractivity contribution in [1.29, 1.82) is 0 Å². The SMILES string of the molecule is CCOC(=O)[C@H](C)NC(=O)C1CCNCC1. The summed E-state index contributed by atoms with van der Waals surface area (Å²) in [5, 5.41) is 5.89. The first-order valence-electron chi connectivity index (χ1n) is 5.83. The third-order valence-electron chi connectivity index (χ3n) is 2.71. The first kappa shape index (κ1) is 13.0. The van der Waals surface area contributed by atoms with Gasteiger partial charge in [-0.3, -0.25) is 4.79 Å². The van der Waals surface area contributed by atoms with E-state index in [1.807, 2.05) is 0 Å². The Hall–Kier alpha value is -1.10. The average molecular weight is 228 g/mol. The van der Waals surface area contributed by atoms with Gasteiger partial charge in [-0.1, -0.05) is 0 Å². The van der Waals surface area contributed by atoms with Crippen LogP contribution in [0.2, 0.25) is 0 Å². The molecule has 1 saturated heterocycles. The van der Waals surface area contributed by atoms with Crippen LogP contribution >= 0.6 is 0 Å². The predicted octanol–water partition coefficient (Wildman–Crippen LogP) is 0.0538. The van der Waals surface area contributed by atoms with Gasteiger partial charge in [0.05, 0.1) is 6.61 Å². The lowest BCUT2D eigenvalue weighted by atomic mass is 9.97. The van der Waals surface area contributed by atoms with Gasteiger partial charge in [0.2, 0.25) is 5.91 Å². The lowest BCUT2D eigenvalue weighted by Crippen LogP contribution is -2.45. The molecule has 92 valence electrons. The van der Waals surface area contributed by atoms with E-state index in [-0.39, 0.29) is 17.8 Å². The summed E-state index contributed by atoms with van der Waals surface area (Å²) in [7, 11) is 0. The van der Waals surface area contributed by atoms with E-state index in [0.29, 0.717) is 6.61 Å². The van der Waals surface area contributed by atoms with Gasteiger partial charge in [0.25, 0.3) is 0 Å². The molecule has 1 aliphatic heterocycles. The fourth-order valence-electron chi connectivity index (χ4n) is 1.74. The number of hydrogen-bond acceptors (Lipinski definition) is 4. The zero-order valence-corrected chi connectivity index (χ0v) is 9.91. The Labute approximate surface area is 95.9 Å². The smallest absolute Gasteiger partial charge is 0.328 e.